The second-order valence-corrected chi connectivity index (χ2v) is 8.47. The molecule has 2 nitrogen and oxygen atoms in total. The molecule has 0 aliphatic heterocycles. The molecule has 0 bridgehead atoms. The van der Waals surface area contributed by atoms with E-state index in [0.717, 1.165) is 17.9 Å². The summed E-state index contributed by atoms with van der Waals surface area (Å²) in [5.41, 5.74) is 2.56. The van der Waals surface area contributed by atoms with E-state index in [0.29, 0.717) is 20.9 Å². The normalized spacial score (nSPS) is 11.8. The second-order valence-electron chi connectivity index (χ2n) is 6.02. The van der Waals surface area contributed by atoms with Crippen molar-refractivity contribution >= 4 is 19.4 Å². The first-order chi connectivity index (χ1) is 12.8. The Bertz CT molecular complexity index is 803. The van der Waals surface area contributed by atoms with Crippen molar-refractivity contribution in [1.29, 1.82) is 0 Å². The monoisotopic (exact) mass is 412 g/mol. The van der Waals surface area contributed by atoms with E-state index >= 15 is 0 Å². The van der Waals surface area contributed by atoms with Crippen LogP contribution in [0, 0.1) is 0 Å². The number of rotatable bonds is 8. The molecule has 0 saturated carbocycles. The molecule has 3 heteroatoms. The van der Waals surface area contributed by atoms with Gasteiger partial charge in [0.15, 0.2) is 0 Å². The minimum absolute atomic E-state index is 0.322. The summed E-state index contributed by atoms with van der Waals surface area (Å²) < 4.78 is 12.5. The van der Waals surface area contributed by atoms with Gasteiger partial charge in [-0.3, -0.25) is 0 Å². The molecule has 26 heavy (non-hydrogen) atoms. The Morgan fingerprint density at radius 1 is 0.808 bits per heavy atom. The summed E-state index contributed by atoms with van der Waals surface area (Å²) in [7, 11) is 3.42. The van der Waals surface area contributed by atoms with Gasteiger partial charge in [-0.25, -0.2) is 0 Å². The molecular formula is C23H24O2Se. The maximum atomic E-state index is 5.68. The molecule has 0 N–H and O–H groups in total. The second kappa shape index (κ2) is 9.47. The summed E-state index contributed by atoms with van der Waals surface area (Å²) in [5, 5.41) is 1.19. The van der Waals surface area contributed by atoms with Gasteiger partial charge >= 0.3 is 162 Å². The first-order valence-corrected chi connectivity index (χ1v) is 10.8. The van der Waals surface area contributed by atoms with E-state index in [1.54, 1.807) is 14.2 Å². The van der Waals surface area contributed by atoms with Gasteiger partial charge in [0.2, 0.25) is 0 Å². The molecule has 0 fully saturated rings. The van der Waals surface area contributed by atoms with E-state index in [1.807, 2.05) is 12.1 Å². The van der Waals surface area contributed by atoms with Gasteiger partial charge in [0.05, 0.1) is 0 Å². The average Bonchev–Trinajstić information content (AvgIpc) is 2.72. The van der Waals surface area contributed by atoms with Crippen LogP contribution in [0.1, 0.15) is 23.5 Å². The van der Waals surface area contributed by atoms with Gasteiger partial charge in [0.1, 0.15) is 0 Å². The molecule has 0 unspecified atom stereocenters. The van der Waals surface area contributed by atoms with Gasteiger partial charge < -0.3 is 0 Å². The van der Waals surface area contributed by atoms with Crippen molar-refractivity contribution in [3.8, 4) is 11.5 Å². The molecule has 0 aliphatic carbocycles. The molecule has 1 atom stereocenters. The molecule has 0 aromatic heterocycles. The van der Waals surface area contributed by atoms with Crippen LogP contribution >= 0.6 is 0 Å². The van der Waals surface area contributed by atoms with Crippen molar-refractivity contribution in [3.05, 3.63) is 90.0 Å². The Morgan fingerprint density at radius 3 is 2.15 bits per heavy atom. The Kier molecular flexibility index (Phi) is 6.76. The fourth-order valence-electron chi connectivity index (χ4n) is 3.10. The molecule has 0 amide bonds. The summed E-state index contributed by atoms with van der Waals surface area (Å²) in [6.07, 6.45) is 1.10. The van der Waals surface area contributed by atoms with Crippen LogP contribution < -0.4 is 13.9 Å². The molecule has 3 rings (SSSR count). The average molecular weight is 411 g/mol. The van der Waals surface area contributed by atoms with Crippen LogP contribution in [0.15, 0.2) is 78.9 Å². The van der Waals surface area contributed by atoms with E-state index in [4.69, 9.17) is 9.47 Å². The molecule has 3 aromatic rings. The van der Waals surface area contributed by atoms with Crippen molar-refractivity contribution in [2.45, 2.75) is 17.7 Å². The van der Waals surface area contributed by atoms with Gasteiger partial charge in [-0.1, -0.05) is 0 Å². The van der Waals surface area contributed by atoms with E-state index in [9.17, 15) is 0 Å². The fraction of sp³-hybridized carbons (Fsp3) is 0.217. The van der Waals surface area contributed by atoms with Crippen molar-refractivity contribution in [2.75, 3.05) is 14.2 Å². The van der Waals surface area contributed by atoms with Crippen LogP contribution in [0.4, 0.5) is 0 Å². The van der Waals surface area contributed by atoms with Crippen LogP contribution in [0.5, 0.6) is 11.5 Å². The molecule has 0 radical (unpaired) electrons. The number of hydrogen-bond donors (Lipinski definition) is 0. The van der Waals surface area contributed by atoms with E-state index in [1.165, 1.54) is 20.9 Å². The van der Waals surface area contributed by atoms with Gasteiger partial charge in [-0.15, -0.1) is 0 Å². The van der Waals surface area contributed by atoms with Crippen LogP contribution in [0.2, 0.25) is 5.32 Å². The molecule has 0 heterocycles. The van der Waals surface area contributed by atoms with Gasteiger partial charge in [0.25, 0.3) is 0 Å². The van der Waals surface area contributed by atoms with Crippen molar-refractivity contribution in [2.24, 2.45) is 0 Å². The van der Waals surface area contributed by atoms with Crippen molar-refractivity contribution in [3.63, 3.8) is 0 Å². The van der Waals surface area contributed by atoms with Crippen LogP contribution in [0.3, 0.4) is 0 Å². The van der Waals surface area contributed by atoms with Gasteiger partial charge in [0, 0.05) is 0 Å². The minimum atomic E-state index is 0.322. The van der Waals surface area contributed by atoms with E-state index in [2.05, 4.69) is 66.7 Å². The van der Waals surface area contributed by atoms with E-state index in [-0.39, 0.29) is 0 Å². The Balaban J connectivity index is 1.84. The van der Waals surface area contributed by atoms with Crippen molar-refractivity contribution in [1.82, 2.24) is 0 Å². The topological polar surface area (TPSA) is 18.5 Å². The third-order valence-corrected chi connectivity index (χ3v) is 6.63. The summed E-state index contributed by atoms with van der Waals surface area (Å²) in [6, 6.07) is 27.6. The van der Waals surface area contributed by atoms with Crippen LogP contribution in [-0.4, -0.2) is 29.2 Å². The zero-order valence-electron chi connectivity index (χ0n) is 15.2. The molecule has 0 spiro atoms. The SMILES string of the molecule is COc1ccc([C@@H](CC[Se]c2ccccc2)c2ccccc2)c(OC)c1. The molecule has 3 aromatic carbocycles. The first-order valence-electron chi connectivity index (χ1n) is 8.76. The van der Waals surface area contributed by atoms with Gasteiger partial charge in [-0.2, -0.15) is 0 Å². The Labute approximate surface area is 162 Å². The zero-order chi connectivity index (χ0) is 18.2. The maximum absolute atomic E-state index is 5.68. The van der Waals surface area contributed by atoms with Crippen LogP contribution in [0.25, 0.3) is 0 Å². The van der Waals surface area contributed by atoms with E-state index < -0.39 is 0 Å². The van der Waals surface area contributed by atoms with Crippen LogP contribution in [-0.2, 0) is 0 Å². The van der Waals surface area contributed by atoms with Gasteiger partial charge in [-0.05, 0) is 0 Å². The fourth-order valence-corrected chi connectivity index (χ4v) is 5.07. The predicted octanol–water partition coefficient (Wildman–Crippen LogP) is 4.67. The molecule has 0 saturated heterocycles. The summed E-state index contributed by atoms with van der Waals surface area (Å²) in [5.74, 6) is 2.04. The summed E-state index contributed by atoms with van der Waals surface area (Å²) in [6.45, 7) is 0. The number of ether oxygens (including phenoxy) is 2. The number of benzene rings is 3. The molecule has 134 valence electrons. The standard InChI is InChI=1S/C23H24O2Se/c1-24-19-13-14-22(23(17-19)25-2)21(18-9-5-3-6-10-18)15-16-26-20-11-7-4-8-12-20/h3-14,17,21H,15-16H2,1-2H3/t21-/m0/s1. The quantitative estimate of drug-likeness (QED) is 0.502. The zero-order valence-corrected chi connectivity index (χ0v) is 16.9. The summed E-state index contributed by atoms with van der Waals surface area (Å²) in [4.78, 5) is 0. The third kappa shape index (κ3) is 4.69. The Hall–Kier alpha value is -2.22. The molecule has 0 aliphatic rings. The number of hydrogen-bond acceptors (Lipinski definition) is 2. The number of methoxy groups -OCH3 is 2. The van der Waals surface area contributed by atoms with Crippen molar-refractivity contribution < 1.29 is 9.47 Å². The third-order valence-electron chi connectivity index (χ3n) is 4.44. The summed E-state index contributed by atoms with van der Waals surface area (Å²) >= 11 is 0.480. The first kappa shape index (κ1) is 18.6. The Morgan fingerprint density at radius 2 is 1.50 bits per heavy atom. The predicted molar refractivity (Wildman–Crippen MR) is 109 cm³/mol. The molecular weight excluding hydrogens is 387 g/mol.